The molecule has 3 N–H and O–H groups in total. The molecule has 2 aromatic rings. The molecule has 0 bridgehead atoms. The Kier molecular flexibility index (Phi) is 3.12. The summed E-state index contributed by atoms with van der Waals surface area (Å²) in [6, 6.07) is 14.6. The first-order valence-electron chi connectivity index (χ1n) is 10.8. The summed E-state index contributed by atoms with van der Waals surface area (Å²) < 4.78 is 14.0. The molecular formula is C24H23FIN3O. The number of urea groups is 1. The number of rotatable bonds is 2. The minimum Gasteiger partial charge on any atom is -0.331 e. The quantitative estimate of drug-likeness (QED) is 0.474. The summed E-state index contributed by atoms with van der Waals surface area (Å²) in [4.78, 5) is 15.6. The van der Waals surface area contributed by atoms with E-state index in [0.29, 0.717) is 28.2 Å². The van der Waals surface area contributed by atoms with Crippen LogP contribution in [0.4, 0.5) is 9.18 Å². The standard InChI is InChI=1S/C24H23FIN3O/c1-12-18-22-19(20(26)23(12,22)27)24(18,22)28-21(30)29-11-10-13-4-2-3-5-16(13)17(29)14-6-8-15(25)9-7-14/h2-9,12,17-20H,10-11,27H2,1H3,(H,28,30)/t12?,17-,18?,19?,20?,22?,23?,24?/m0/s1. The number of carbonyl (C=O) groups excluding carboxylic acids is 1. The molecule has 0 aromatic heterocycles. The lowest BCUT2D eigenvalue weighted by Crippen LogP contribution is -2.78. The number of alkyl halides is 1. The normalized spacial score (nSPS) is 45.9. The van der Waals surface area contributed by atoms with Gasteiger partial charge >= 0.3 is 6.03 Å². The van der Waals surface area contributed by atoms with Crippen LogP contribution >= 0.6 is 22.6 Å². The fourth-order valence-electron chi connectivity index (χ4n) is 8.05. The number of nitrogens with two attached hydrogens (primary N) is 1. The molecule has 2 aromatic carbocycles. The third-order valence-electron chi connectivity index (χ3n) is 9.24. The zero-order valence-corrected chi connectivity index (χ0v) is 18.8. The average Bonchev–Trinajstić information content (AvgIpc) is 3.55. The molecule has 1 spiro atoms. The Hall–Kier alpha value is -1.67. The van der Waals surface area contributed by atoms with Crippen LogP contribution in [0, 0.1) is 29.0 Å². The lowest BCUT2D eigenvalue weighted by Gasteiger charge is -2.64. The van der Waals surface area contributed by atoms with E-state index >= 15 is 0 Å². The van der Waals surface area contributed by atoms with Crippen molar-refractivity contribution in [3.8, 4) is 0 Å². The van der Waals surface area contributed by atoms with Crippen LogP contribution in [0.2, 0.25) is 0 Å². The van der Waals surface area contributed by atoms with Crippen molar-refractivity contribution in [2.45, 2.75) is 34.4 Å². The highest BCUT2D eigenvalue weighted by Gasteiger charge is 3.18. The summed E-state index contributed by atoms with van der Waals surface area (Å²) in [5, 5.41) is 3.47. The molecule has 30 heavy (non-hydrogen) atoms. The second kappa shape index (κ2) is 5.21. The van der Waals surface area contributed by atoms with E-state index in [1.165, 1.54) is 17.7 Å². The lowest BCUT2D eigenvalue weighted by molar-refractivity contribution is -0.0733. The predicted molar refractivity (Wildman–Crippen MR) is 120 cm³/mol. The number of hydrogen-bond acceptors (Lipinski definition) is 2. The molecule has 1 aliphatic heterocycles. The van der Waals surface area contributed by atoms with Gasteiger partial charge in [-0.2, -0.15) is 0 Å². The fourth-order valence-corrected chi connectivity index (χ4v) is 10.3. The van der Waals surface area contributed by atoms with Crippen LogP contribution in [-0.2, 0) is 6.42 Å². The zero-order valence-electron chi connectivity index (χ0n) is 16.6. The molecule has 5 aliphatic rings. The third-order valence-corrected chi connectivity index (χ3v) is 11.0. The van der Waals surface area contributed by atoms with Crippen molar-refractivity contribution in [3.63, 3.8) is 0 Å². The maximum Gasteiger partial charge on any atom is 0.318 e. The maximum atomic E-state index is 13.6. The molecule has 1 heterocycles. The van der Waals surface area contributed by atoms with E-state index in [9.17, 15) is 9.18 Å². The Labute approximate surface area is 188 Å². The van der Waals surface area contributed by atoms with Gasteiger partial charge in [-0.05, 0) is 47.1 Å². The number of amides is 2. The molecule has 2 amide bonds. The van der Waals surface area contributed by atoms with Gasteiger partial charge in [0.1, 0.15) is 5.82 Å². The van der Waals surface area contributed by atoms with Gasteiger partial charge in [0.2, 0.25) is 0 Å². The first kappa shape index (κ1) is 18.0. The van der Waals surface area contributed by atoms with Gasteiger partial charge in [0.15, 0.2) is 0 Å². The summed E-state index contributed by atoms with van der Waals surface area (Å²) in [5.74, 6) is 1.31. The second-order valence-corrected chi connectivity index (χ2v) is 11.2. The molecule has 4 nitrogen and oxygen atoms in total. The van der Waals surface area contributed by atoms with Crippen molar-refractivity contribution >= 4 is 28.6 Å². The third kappa shape index (κ3) is 1.58. The van der Waals surface area contributed by atoms with E-state index in [0.717, 1.165) is 17.5 Å². The van der Waals surface area contributed by atoms with Crippen LogP contribution in [0.25, 0.3) is 0 Å². The number of benzene rings is 2. The number of nitrogens with one attached hydrogen (secondary N) is 1. The van der Waals surface area contributed by atoms with Gasteiger partial charge < -0.3 is 16.0 Å². The first-order valence-corrected chi connectivity index (χ1v) is 12.0. The minimum absolute atomic E-state index is 0.00449. The topological polar surface area (TPSA) is 58.4 Å². The van der Waals surface area contributed by atoms with Crippen LogP contribution < -0.4 is 11.1 Å². The molecule has 0 saturated heterocycles. The molecule has 4 aliphatic carbocycles. The van der Waals surface area contributed by atoms with E-state index in [-0.39, 0.29) is 34.4 Å². The van der Waals surface area contributed by atoms with Crippen molar-refractivity contribution in [3.05, 3.63) is 71.0 Å². The van der Waals surface area contributed by atoms with E-state index < -0.39 is 0 Å². The van der Waals surface area contributed by atoms with Gasteiger partial charge in [0.05, 0.1) is 11.6 Å². The monoisotopic (exact) mass is 515 g/mol. The van der Waals surface area contributed by atoms with Gasteiger partial charge in [-0.15, -0.1) is 0 Å². The summed E-state index contributed by atoms with van der Waals surface area (Å²) in [6.45, 7) is 2.90. The van der Waals surface area contributed by atoms with E-state index in [4.69, 9.17) is 5.73 Å². The smallest absolute Gasteiger partial charge is 0.318 e. The van der Waals surface area contributed by atoms with Gasteiger partial charge in [0.25, 0.3) is 0 Å². The molecule has 7 rings (SSSR count). The molecule has 0 radical (unpaired) electrons. The van der Waals surface area contributed by atoms with E-state index in [1.54, 1.807) is 12.1 Å². The highest BCUT2D eigenvalue weighted by Crippen LogP contribution is 3.08. The summed E-state index contributed by atoms with van der Waals surface area (Å²) >= 11 is 2.50. The number of fused-ring (bicyclic) bond motifs is 3. The van der Waals surface area contributed by atoms with Crippen molar-refractivity contribution in [1.82, 2.24) is 10.2 Å². The highest BCUT2D eigenvalue weighted by atomic mass is 127. The molecular weight excluding hydrogens is 492 g/mol. The first-order chi connectivity index (χ1) is 14.4. The fraction of sp³-hybridized carbons (Fsp3) is 0.458. The number of carbonyl (C=O) groups is 1. The SMILES string of the molecule is CC1C2C3(NC(=O)N4CCc5ccccc5[C@@H]4c4ccc(F)cc4)C4C(I)C1(N)C243. The van der Waals surface area contributed by atoms with Gasteiger partial charge in [-0.1, -0.05) is 65.9 Å². The number of halogens is 2. The van der Waals surface area contributed by atoms with Crippen LogP contribution in [0.3, 0.4) is 0 Å². The van der Waals surface area contributed by atoms with Gasteiger partial charge in [0, 0.05) is 27.3 Å². The molecule has 8 atom stereocenters. The molecule has 154 valence electrons. The molecule has 6 heteroatoms. The van der Waals surface area contributed by atoms with Crippen molar-refractivity contribution in [2.24, 2.45) is 28.9 Å². The van der Waals surface area contributed by atoms with Crippen molar-refractivity contribution in [1.29, 1.82) is 0 Å². The predicted octanol–water partition coefficient (Wildman–Crippen LogP) is 3.63. The van der Waals surface area contributed by atoms with Crippen molar-refractivity contribution in [2.75, 3.05) is 6.54 Å². The van der Waals surface area contributed by atoms with Gasteiger partial charge in [-0.25, -0.2) is 9.18 Å². The average molecular weight is 515 g/mol. The molecule has 4 fully saturated rings. The Morgan fingerprint density at radius 3 is 2.63 bits per heavy atom. The zero-order chi connectivity index (χ0) is 20.6. The number of hydrogen-bond donors (Lipinski definition) is 2. The summed E-state index contributed by atoms with van der Waals surface area (Å²) in [6.07, 6.45) is 0.832. The molecule has 4 saturated carbocycles. The Bertz CT molecular complexity index is 1100. The Morgan fingerprint density at radius 2 is 1.93 bits per heavy atom. The van der Waals surface area contributed by atoms with E-state index in [2.05, 4.69) is 47.0 Å². The van der Waals surface area contributed by atoms with Gasteiger partial charge in [-0.3, -0.25) is 0 Å². The highest BCUT2D eigenvalue weighted by molar-refractivity contribution is 14.1. The lowest BCUT2D eigenvalue weighted by atomic mass is 9.46. The van der Waals surface area contributed by atoms with Crippen LogP contribution in [0.15, 0.2) is 48.5 Å². The largest absolute Gasteiger partial charge is 0.331 e. The second-order valence-electron chi connectivity index (χ2n) is 9.84. The summed E-state index contributed by atoms with van der Waals surface area (Å²) in [5.41, 5.74) is 10.1. The van der Waals surface area contributed by atoms with Crippen LogP contribution in [0.5, 0.6) is 0 Å². The Morgan fingerprint density at radius 1 is 1.20 bits per heavy atom. The Balaban J connectivity index is 1.23. The minimum atomic E-state index is -0.262. The van der Waals surface area contributed by atoms with Crippen LogP contribution in [0.1, 0.15) is 29.7 Å². The summed E-state index contributed by atoms with van der Waals surface area (Å²) in [7, 11) is 0. The van der Waals surface area contributed by atoms with Crippen molar-refractivity contribution < 1.29 is 9.18 Å². The number of nitrogens with zero attached hydrogens (tertiary/aromatic N) is 1. The maximum absolute atomic E-state index is 13.6. The molecule has 7 unspecified atom stereocenters. The van der Waals surface area contributed by atoms with E-state index in [1.807, 2.05) is 17.0 Å². The van der Waals surface area contributed by atoms with Crippen LogP contribution in [-0.4, -0.2) is 32.5 Å².